The summed E-state index contributed by atoms with van der Waals surface area (Å²) in [7, 11) is 0.0810. The van der Waals surface area contributed by atoms with E-state index >= 15 is 0 Å². The highest BCUT2D eigenvalue weighted by atomic mass is 28.4. The molecule has 0 aliphatic heterocycles. The van der Waals surface area contributed by atoms with Crippen LogP contribution in [-0.2, 0) is 8.85 Å². The largest absolute Gasteiger partial charge is 0.397 e. The molecule has 6 heteroatoms. The van der Waals surface area contributed by atoms with Crippen molar-refractivity contribution in [2.45, 2.75) is 44.5 Å². The molecule has 0 bridgehead atoms. The smallest absolute Gasteiger partial charge is 0.389 e. The molecule has 0 heterocycles. The Balaban J connectivity index is 4.67. The van der Waals surface area contributed by atoms with Gasteiger partial charge in [-0.15, -0.1) is 0 Å². The van der Waals surface area contributed by atoms with Crippen molar-refractivity contribution >= 4 is 8.56 Å². The zero-order chi connectivity index (χ0) is 12.3. The topological polar surface area (TPSA) is 18.5 Å². The van der Waals surface area contributed by atoms with Crippen LogP contribution in [0.1, 0.15) is 27.2 Å². The summed E-state index contributed by atoms with van der Waals surface area (Å²) in [5.74, 6) is 0. The van der Waals surface area contributed by atoms with Gasteiger partial charge in [-0.2, -0.15) is 13.2 Å². The van der Waals surface area contributed by atoms with Crippen molar-refractivity contribution in [3.05, 3.63) is 0 Å². The van der Waals surface area contributed by atoms with Crippen LogP contribution in [0, 0.1) is 0 Å². The first-order chi connectivity index (χ1) is 6.58. The van der Waals surface area contributed by atoms with Gasteiger partial charge in [-0.3, -0.25) is 0 Å². The Morgan fingerprint density at radius 2 is 1.40 bits per heavy atom. The van der Waals surface area contributed by atoms with Gasteiger partial charge in [0.25, 0.3) is 0 Å². The summed E-state index contributed by atoms with van der Waals surface area (Å²) >= 11 is 0. The predicted octanol–water partition coefficient (Wildman–Crippen LogP) is 3.47. The van der Waals surface area contributed by atoms with Gasteiger partial charge in [0.15, 0.2) is 0 Å². The molecule has 0 atom stereocenters. The van der Waals surface area contributed by atoms with Crippen LogP contribution in [0.15, 0.2) is 0 Å². The van der Waals surface area contributed by atoms with Crippen molar-refractivity contribution in [2.75, 3.05) is 14.2 Å². The molecule has 0 saturated carbocycles. The molecule has 0 rings (SSSR count). The van der Waals surface area contributed by atoms with Gasteiger partial charge in [0.2, 0.25) is 0 Å². The fourth-order valence-electron chi connectivity index (χ4n) is 1.58. The van der Waals surface area contributed by atoms with Gasteiger partial charge in [0.05, 0.1) is 0 Å². The molecule has 0 spiro atoms. The summed E-state index contributed by atoms with van der Waals surface area (Å²) in [6.45, 7) is 5.55. The lowest BCUT2D eigenvalue weighted by molar-refractivity contribution is -0.132. The van der Waals surface area contributed by atoms with Crippen molar-refractivity contribution in [1.29, 1.82) is 0 Å². The Kier molecular flexibility index (Phi) is 4.82. The van der Waals surface area contributed by atoms with Crippen molar-refractivity contribution in [3.8, 4) is 0 Å². The minimum absolute atomic E-state index is 0.0625. The molecule has 0 aromatic carbocycles. The fraction of sp³-hybridized carbons (Fsp3) is 1.00. The molecule has 92 valence electrons. The molecule has 0 unspecified atom stereocenters. The molecule has 0 saturated heterocycles. The zero-order valence-electron chi connectivity index (χ0n) is 9.86. The molecule has 0 fully saturated rings. The lowest BCUT2D eigenvalue weighted by atomic mass is 10.2. The maximum Gasteiger partial charge on any atom is 0.389 e. The number of alkyl halides is 3. The summed E-state index contributed by atoms with van der Waals surface area (Å²) in [4.78, 5) is 0. The number of hydrogen-bond acceptors (Lipinski definition) is 2. The van der Waals surface area contributed by atoms with E-state index < -0.39 is 21.2 Å². The van der Waals surface area contributed by atoms with E-state index in [2.05, 4.69) is 0 Å². The summed E-state index contributed by atoms with van der Waals surface area (Å²) in [6.07, 6.45) is -5.00. The summed E-state index contributed by atoms with van der Waals surface area (Å²) < 4.78 is 47.0. The van der Waals surface area contributed by atoms with Crippen molar-refractivity contribution in [2.24, 2.45) is 0 Å². The first-order valence-electron chi connectivity index (χ1n) is 4.75. The van der Waals surface area contributed by atoms with Gasteiger partial charge in [-0.25, -0.2) is 0 Å². The minimum Gasteiger partial charge on any atom is -0.397 e. The first-order valence-corrected chi connectivity index (χ1v) is 6.77. The standard InChI is InChI=1S/C9H19F3O2Si/c1-8(2,3)15(13-4,14-5)7-6-9(10,11)12/h6-7H2,1-5H3. The van der Waals surface area contributed by atoms with E-state index in [4.69, 9.17) is 8.85 Å². The molecule has 0 aliphatic rings. The summed E-state index contributed by atoms with van der Waals surface area (Å²) in [5.41, 5.74) is 0. The van der Waals surface area contributed by atoms with Gasteiger partial charge in [-0.1, -0.05) is 20.8 Å². The van der Waals surface area contributed by atoms with E-state index in [1.807, 2.05) is 20.8 Å². The number of halogens is 3. The predicted molar refractivity (Wildman–Crippen MR) is 55.0 cm³/mol. The van der Waals surface area contributed by atoms with Crippen LogP contribution >= 0.6 is 0 Å². The second-order valence-corrected chi connectivity index (χ2v) is 8.85. The summed E-state index contributed by atoms with van der Waals surface area (Å²) in [5, 5.41) is -0.373. The van der Waals surface area contributed by atoms with Gasteiger partial charge in [0.1, 0.15) is 0 Å². The van der Waals surface area contributed by atoms with Crippen molar-refractivity contribution in [1.82, 2.24) is 0 Å². The third-order valence-corrected chi connectivity index (χ3v) is 7.05. The molecule has 2 nitrogen and oxygen atoms in total. The minimum atomic E-state index is -4.15. The Labute approximate surface area is 90.0 Å². The Morgan fingerprint density at radius 1 is 1.00 bits per heavy atom. The van der Waals surface area contributed by atoms with Gasteiger partial charge < -0.3 is 8.85 Å². The lowest BCUT2D eigenvalue weighted by Crippen LogP contribution is -2.49. The van der Waals surface area contributed by atoms with Crippen LogP contribution in [0.3, 0.4) is 0 Å². The quantitative estimate of drug-likeness (QED) is 0.705. The lowest BCUT2D eigenvalue weighted by Gasteiger charge is -2.39. The average Bonchev–Trinajstić information content (AvgIpc) is 2.02. The third kappa shape index (κ3) is 4.12. The number of hydrogen-bond donors (Lipinski definition) is 0. The monoisotopic (exact) mass is 244 g/mol. The normalized spacial score (nSPS) is 14.4. The van der Waals surface area contributed by atoms with E-state index in [1.165, 1.54) is 14.2 Å². The van der Waals surface area contributed by atoms with E-state index in [0.717, 1.165) is 0 Å². The molecular formula is C9H19F3O2Si. The van der Waals surface area contributed by atoms with Crippen LogP contribution in [0.5, 0.6) is 0 Å². The maximum absolute atomic E-state index is 12.2. The average molecular weight is 244 g/mol. The molecular weight excluding hydrogens is 225 g/mol. The van der Waals surface area contributed by atoms with Crippen LogP contribution in [-0.4, -0.2) is 29.0 Å². The van der Waals surface area contributed by atoms with E-state index in [-0.39, 0.29) is 11.1 Å². The second-order valence-electron chi connectivity index (χ2n) is 4.53. The molecule has 0 aliphatic carbocycles. The van der Waals surface area contributed by atoms with Gasteiger partial charge in [-0.05, 0) is 0 Å². The Hall–Kier alpha value is -0.0731. The SMILES string of the molecule is CO[Si](CCC(F)(F)F)(OC)C(C)(C)C. The van der Waals surface area contributed by atoms with Crippen LogP contribution in [0.4, 0.5) is 13.2 Å². The van der Waals surface area contributed by atoms with Gasteiger partial charge >= 0.3 is 14.7 Å². The molecule has 0 aromatic rings. The Morgan fingerprint density at radius 3 is 1.60 bits per heavy atom. The van der Waals surface area contributed by atoms with E-state index in [1.54, 1.807) is 0 Å². The van der Waals surface area contributed by atoms with E-state index in [0.29, 0.717) is 0 Å². The Bertz CT molecular complexity index is 195. The molecule has 0 radical (unpaired) electrons. The van der Waals surface area contributed by atoms with Crippen LogP contribution in [0.25, 0.3) is 0 Å². The highest BCUT2D eigenvalue weighted by Gasteiger charge is 2.49. The maximum atomic E-state index is 12.2. The van der Waals surface area contributed by atoms with Crippen molar-refractivity contribution in [3.63, 3.8) is 0 Å². The zero-order valence-corrected chi connectivity index (χ0v) is 10.9. The van der Waals surface area contributed by atoms with Gasteiger partial charge in [0, 0.05) is 31.7 Å². The second kappa shape index (κ2) is 4.84. The molecule has 15 heavy (non-hydrogen) atoms. The first kappa shape index (κ1) is 14.9. The summed E-state index contributed by atoms with van der Waals surface area (Å²) in [6, 6.07) is -0.0625. The molecule has 0 N–H and O–H groups in total. The van der Waals surface area contributed by atoms with Crippen LogP contribution in [0.2, 0.25) is 11.1 Å². The van der Waals surface area contributed by atoms with Crippen LogP contribution < -0.4 is 0 Å². The highest BCUT2D eigenvalue weighted by Crippen LogP contribution is 2.42. The number of rotatable bonds is 4. The van der Waals surface area contributed by atoms with Crippen molar-refractivity contribution < 1.29 is 22.0 Å². The third-order valence-electron chi connectivity index (χ3n) is 2.54. The molecule has 0 aromatic heterocycles. The molecule has 0 amide bonds. The highest BCUT2D eigenvalue weighted by molar-refractivity contribution is 6.70. The van der Waals surface area contributed by atoms with E-state index in [9.17, 15) is 13.2 Å². The fourth-order valence-corrected chi connectivity index (χ4v) is 4.74.